The fraction of sp³-hybridized carbons (Fsp3) is 0.240. The smallest absolute Gasteiger partial charge is 0.224 e. The van der Waals surface area contributed by atoms with Crippen LogP contribution in [0.25, 0.3) is 11.1 Å². The monoisotopic (exact) mass is 370 g/mol. The highest BCUT2D eigenvalue weighted by Gasteiger charge is 2.24. The van der Waals surface area contributed by atoms with E-state index < -0.39 is 0 Å². The lowest BCUT2D eigenvalue weighted by molar-refractivity contribution is -0.120. The van der Waals surface area contributed by atoms with Crippen molar-refractivity contribution in [3.8, 4) is 11.1 Å². The highest BCUT2D eigenvalue weighted by molar-refractivity contribution is 5.79. The molecule has 4 rings (SSSR count). The van der Waals surface area contributed by atoms with Crippen LogP contribution in [0.5, 0.6) is 0 Å². The molecule has 0 saturated carbocycles. The zero-order valence-corrected chi connectivity index (χ0v) is 16.1. The average molecular weight is 370 g/mol. The van der Waals surface area contributed by atoms with Crippen molar-refractivity contribution in [1.29, 1.82) is 0 Å². The molecule has 1 atom stereocenters. The summed E-state index contributed by atoms with van der Waals surface area (Å²) in [6.07, 6.45) is 2.73. The number of rotatable bonds is 6. The summed E-state index contributed by atoms with van der Waals surface area (Å²) in [7, 11) is 0. The third-order valence-corrected chi connectivity index (χ3v) is 5.43. The average Bonchev–Trinajstić information content (AvgIpc) is 3.23. The van der Waals surface area contributed by atoms with E-state index in [1.807, 2.05) is 36.4 Å². The second kappa shape index (κ2) is 8.75. The molecule has 3 aromatic rings. The Bertz CT molecular complexity index is 891. The number of amides is 1. The molecule has 0 aliphatic carbocycles. The predicted molar refractivity (Wildman–Crippen MR) is 115 cm³/mol. The van der Waals surface area contributed by atoms with Gasteiger partial charge < -0.3 is 10.2 Å². The molecule has 3 heteroatoms. The summed E-state index contributed by atoms with van der Waals surface area (Å²) in [6, 6.07) is 29.4. The normalized spacial score (nSPS) is 16.1. The largest absolute Gasteiger partial charge is 0.367 e. The zero-order chi connectivity index (χ0) is 19.2. The van der Waals surface area contributed by atoms with Crippen LogP contribution < -0.4 is 10.2 Å². The van der Waals surface area contributed by atoms with Gasteiger partial charge in [0.15, 0.2) is 0 Å². The van der Waals surface area contributed by atoms with Gasteiger partial charge in [-0.05, 0) is 41.7 Å². The van der Waals surface area contributed by atoms with Crippen molar-refractivity contribution in [2.75, 3.05) is 18.0 Å². The third kappa shape index (κ3) is 4.42. The Hall–Kier alpha value is -3.07. The van der Waals surface area contributed by atoms with E-state index in [1.165, 1.54) is 23.2 Å². The first kappa shape index (κ1) is 18.3. The maximum atomic E-state index is 12.4. The van der Waals surface area contributed by atoms with E-state index in [0.717, 1.165) is 18.5 Å². The number of anilines is 1. The van der Waals surface area contributed by atoms with Gasteiger partial charge in [-0.15, -0.1) is 0 Å². The number of nitrogens with zero attached hydrogens (tertiary/aromatic N) is 1. The molecule has 28 heavy (non-hydrogen) atoms. The van der Waals surface area contributed by atoms with Gasteiger partial charge in [-0.3, -0.25) is 4.79 Å². The molecule has 142 valence electrons. The van der Waals surface area contributed by atoms with E-state index >= 15 is 0 Å². The maximum Gasteiger partial charge on any atom is 0.224 e. The first-order valence-corrected chi connectivity index (χ1v) is 10.0. The fourth-order valence-corrected chi connectivity index (χ4v) is 3.93. The maximum absolute atomic E-state index is 12.4. The minimum atomic E-state index is 0.0902. The topological polar surface area (TPSA) is 32.3 Å². The Kier molecular flexibility index (Phi) is 5.72. The van der Waals surface area contributed by atoms with Crippen LogP contribution in [0, 0.1) is 0 Å². The Labute approximate surface area is 167 Å². The molecule has 1 heterocycles. The zero-order valence-electron chi connectivity index (χ0n) is 16.1. The van der Waals surface area contributed by atoms with E-state index in [9.17, 15) is 4.79 Å². The van der Waals surface area contributed by atoms with Crippen molar-refractivity contribution in [2.45, 2.75) is 25.3 Å². The number of carbonyl (C=O) groups excluding carboxylic acids is 1. The molecular formula is C25H26N2O. The summed E-state index contributed by atoms with van der Waals surface area (Å²) in [6.45, 7) is 1.77. The second-order valence-corrected chi connectivity index (χ2v) is 7.37. The van der Waals surface area contributed by atoms with Crippen molar-refractivity contribution >= 4 is 11.6 Å². The Morgan fingerprint density at radius 3 is 2.21 bits per heavy atom. The molecule has 1 aliphatic heterocycles. The summed E-state index contributed by atoms with van der Waals surface area (Å²) < 4.78 is 0. The number of hydrogen-bond acceptors (Lipinski definition) is 2. The molecule has 0 radical (unpaired) electrons. The van der Waals surface area contributed by atoms with Crippen molar-refractivity contribution in [3.05, 3.63) is 90.5 Å². The molecule has 1 aliphatic rings. The minimum Gasteiger partial charge on any atom is -0.367 e. The van der Waals surface area contributed by atoms with Gasteiger partial charge in [-0.1, -0.05) is 72.8 Å². The highest BCUT2D eigenvalue weighted by atomic mass is 16.1. The summed E-state index contributed by atoms with van der Waals surface area (Å²) in [4.78, 5) is 14.8. The lowest BCUT2D eigenvalue weighted by Crippen LogP contribution is -2.40. The Balaban J connectivity index is 1.31. The molecule has 1 amide bonds. The number of benzene rings is 3. The highest BCUT2D eigenvalue weighted by Crippen LogP contribution is 2.24. The van der Waals surface area contributed by atoms with E-state index in [1.54, 1.807) is 0 Å². The molecule has 1 N–H and O–H groups in total. The molecule has 0 aromatic heterocycles. The molecule has 0 bridgehead atoms. The number of para-hydroxylation sites is 1. The fourth-order valence-electron chi connectivity index (χ4n) is 3.93. The van der Waals surface area contributed by atoms with Crippen molar-refractivity contribution in [3.63, 3.8) is 0 Å². The molecule has 1 unspecified atom stereocenters. The SMILES string of the molecule is O=C(Cc1ccc(-c2ccccc2)cc1)NCC1CCCN1c1ccccc1. The van der Waals surface area contributed by atoms with Crippen LogP contribution in [0.3, 0.4) is 0 Å². The quantitative estimate of drug-likeness (QED) is 0.683. The summed E-state index contributed by atoms with van der Waals surface area (Å²) in [5.74, 6) is 0.0902. The van der Waals surface area contributed by atoms with E-state index in [0.29, 0.717) is 19.0 Å². The van der Waals surface area contributed by atoms with Crippen molar-refractivity contribution in [2.24, 2.45) is 0 Å². The molecule has 3 nitrogen and oxygen atoms in total. The minimum absolute atomic E-state index is 0.0902. The molecule has 0 spiro atoms. The van der Waals surface area contributed by atoms with Gasteiger partial charge in [-0.25, -0.2) is 0 Å². The van der Waals surface area contributed by atoms with Crippen LogP contribution in [-0.2, 0) is 11.2 Å². The third-order valence-electron chi connectivity index (χ3n) is 5.43. The summed E-state index contributed by atoms with van der Waals surface area (Å²) in [5.41, 5.74) is 4.66. The Morgan fingerprint density at radius 2 is 1.50 bits per heavy atom. The number of carbonyl (C=O) groups is 1. The first-order chi connectivity index (χ1) is 13.8. The number of hydrogen-bond donors (Lipinski definition) is 1. The van der Waals surface area contributed by atoms with Crippen molar-refractivity contribution < 1.29 is 4.79 Å². The predicted octanol–water partition coefficient (Wildman–Crippen LogP) is 4.68. The first-order valence-electron chi connectivity index (χ1n) is 10.0. The summed E-state index contributed by atoms with van der Waals surface area (Å²) in [5, 5.41) is 3.14. The van der Waals surface area contributed by atoms with Crippen LogP contribution in [0.1, 0.15) is 18.4 Å². The van der Waals surface area contributed by atoms with E-state index in [2.05, 4.69) is 58.7 Å². The molecular weight excluding hydrogens is 344 g/mol. The van der Waals surface area contributed by atoms with Gasteiger partial charge in [0.1, 0.15) is 0 Å². The van der Waals surface area contributed by atoms with Crippen molar-refractivity contribution in [1.82, 2.24) is 5.32 Å². The van der Waals surface area contributed by atoms with Crippen LogP contribution >= 0.6 is 0 Å². The molecule has 1 fully saturated rings. The van der Waals surface area contributed by atoms with Gasteiger partial charge in [-0.2, -0.15) is 0 Å². The van der Waals surface area contributed by atoms with Crippen LogP contribution in [-0.4, -0.2) is 25.0 Å². The molecule has 3 aromatic carbocycles. The second-order valence-electron chi connectivity index (χ2n) is 7.37. The Morgan fingerprint density at radius 1 is 0.857 bits per heavy atom. The molecule has 1 saturated heterocycles. The van der Waals surface area contributed by atoms with Gasteiger partial charge >= 0.3 is 0 Å². The number of nitrogens with one attached hydrogen (secondary N) is 1. The lowest BCUT2D eigenvalue weighted by atomic mass is 10.0. The van der Waals surface area contributed by atoms with Crippen LogP contribution in [0.15, 0.2) is 84.9 Å². The van der Waals surface area contributed by atoms with E-state index in [-0.39, 0.29) is 5.91 Å². The van der Waals surface area contributed by atoms with Gasteiger partial charge in [0, 0.05) is 24.8 Å². The lowest BCUT2D eigenvalue weighted by Gasteiger charge is -2.27. The van der Waals surface area contributed by atoms with E-state index in [4.69, 9.17) is 0 Å². The van der Waals surface area contributed by atoms with Gasteiger partial charge in [0.05, 0.1) is 6.42 Å². The summed E-state index contributed by atoms with van der Waals surface area (Å²) >= 11 is 0. The van der Waals surface area contributed by atoms with Gasteiger partial charge in [0.25, 0.3) is 0 Å². The standard InChI is InChI=1S/C25H26N2O/c28-25(18-20-13-15-22(16-14-20)21-8-3-1-4-9-21)26-19-24-12-7-17-27(24)23-10-5-2-6-11-23/h1-6,8-11,13-16,24H,7,12,17-19H2,(H,26,28). The van der Waals surface area contributed by atoms with Gasteiger partial charge in [0.2, 0.25) is 5.91 Å². The van der Waals surface area contributed by atoms with Crippen LogP contribution in [0.2, 0.25) is 0 Å². The van der Waals surface area contributed by atoms with Crippen LogP contribution in [0.4, 0.5) is 5.69 Å².